The average Bonchev–Trinajstić information content (AvgIpc) is 3.33. The van der Waals surface area contributed by atoms with Crippen LogP contribution in [0.15, 0.2) is 28.9 Å². The molecule has 0 spiro atoms. The molecule has 1 aromatic rings. The van der Waals surface area contributed by atoms with E-state index in [1.807, 2.05) is 13.0 Å². The van der Waals surface area contributed by atoms with Crippen molar-refractivity contribution in [1.29, 1.82) is 0 Å². The van der Waals surface area contributed by atoms with E-state index in [0.717, 1.165) is 24.2 Å². The zero-order valence-corrected chi connectivity index (χ0v) is 14.1. The summed E-state index contributed by atoms with van der Waals surface area (Å²) >= 11 is 1.49. The minimum absolute atomic E-state index is 0.0891. The molecule has 0 radical (unpaired) electrons. The van der Waals surface area contributed by atoms with Gasteiger partial charge in [0.1, 0.15) is 10.7 Å². The highest BCUT2D eigenvalue weighted by atomic mass is 32.2. The van der Waals surface area contributed by atoms with Gasteiger partial charge in [-0.3, -0.25) is 9.59 Å². The van der Waals surface area contributed by atoms with Gasteiger partial charge in [0.2, 0.25) is 0 Å². The molecule has 1 aliphatic carbocycles. The van der Waals surface area contributed by atoms with Crippen molar-refractivity contribution in [2.45, 2.75) is 32.7 Å². The SMILES string of the molecule is CC1=C(C(=O)Nc2cc(C(=O)NC3CC3)ccc2C)SCCO1. The average molecular weight is 332 g/mol. The van der Waals surface area contributed by atoms with Crippen LogP contribution in [0.1, 0.15) is 35.7 Å². The number of anilines is 1. The van der Waals surface area contributed by atoms with Crippen molar-refractivity contribution in [2.75, 3.05) is 17.7 Å². The molecule has 1 fully saturated rings. The Morgan fingerprint density at radius 1 is 1.22 bits per heavy atom. The molecule has 1 heterocycles. The van der Waals surface area contributed by atoms with E-state index < -0.39 is 0 Å². The normalized spacial score (nSPS) is 17.5. The molecular weight excluding hydrogens is 312 g/mol. The summed E-state index contributed by atoms with van der Waals surface area (Å²) in [4.78, 5) is 25.2. The zero-order valence-electron chi connectivity index (χ0n) is 13.3. The Kier molecular flexibility index (Phi) is 4.61. The lowest BCUT2D eigenvalue weighted by atomic mass is 10.1. The third kappa shape index (κ3) is 3.88. The summed E-state index contributed by atoms with van der Waals surface area (Å²) in [5.41, 5.74) is 2.14. The number of hydrogen-bond donors (Lipinski definition) is 2. The Bertz CT molecular complexity index is 680. The summed E-state index contributed by atoms with van der Waals surface area (Å²) in [6, 6.07) is 5.68. The molecular formula is C17H20N2O3S. The highest BCUT2D eigenvalue weighted by Crippen LogP contribution is 2.27. The van der Waals surface area contributed by atoms with Gasteiger partial charge in [-0.25, -0.2) is 0 Å². The molecule has 5 nitrogen and oxygen atoms in total. The quantitative estimate of drug-likeness (QED) is 0.890. The van der Waals surface area contributed by atoms with Crippen LogP contribution in [0.4, 0.5) is 5.69 Å². The second kappa shape index (κ2) is 6.66. The van der Waals surface area contributed by atoms with Crippen LogP contribution in [0, 0.1) is 6.92 Å². The number of thioether (sulfide) groups is 1. The first-order valence-electron chi connectivity index (χ1n) is 7.74. The van der Waals surface area contributed by atoms with E-state index in [0.29, 0.717) is 34.6 Å². The number of rotatable bonds is 4. The van der Waals surface area contributed by atoms with Crippen molar-refractivity contribution in [1.82, 2.24) is 5.32 Å². The summed E-state index contributed by atoms with van der Waals surface area (Å²) in [5.74, 6) is 1.14. The predicted octanol–water partition coefficient (Wildman–Crippen LogP) is 2.82. The van der Waals surface area contributed by atoms with E-state index in [9.17, 15) is 9.59 Å². The summed E-state index contributed by atoms with van der Waals surface area (Å²) in [5, 5.41) is 5.85. The topological polar surface area (TPSA) is 67.4 Å². The smallest absolute Gasteiger partial charge is 0.265 e. The van der Waals surface area contributed by atoms with Gasteiger partial charge in [0, 0.05) is 23.0 Å². The fraction of sp³-hybridized carbons (Fsp3) is 0.412. The van der Waals surface area contributed by atoms with E-state index in [1.54, 1.807) is 19.1 Å². The minimum Gasteiger partial charge on any atom is -0.496 e. The number of carbonyl (C=O) groups excluding carboxylic acids is 2. The number of carbonyl (C=O) groups is 2. The van der Waals surface area contributed by atoms with Crippen LogP contribution in [-0.2, 0) is 9.53 Å². The standard InChI is InChI=1S/C17H20N2O3S/c1-10-3-4-12(16(20)18-13-5-6-13)9-14(10)19-17(21)15-11(2)22-7-8-23-15/h3-4,9,13H,5-8H2,1-2H3,(H,18,20)(H,19,21). The van der Waals surface area contributed by atoms with Gasteiger partial charge < -0.3 is 15.4 Å². The van der Waals surface area contributed by atoms with Crippen LogP contribution in [0.2, 0.25) is 0 Å². The third-order valence-corrected chi connectivity index (χ3v) is 4.97. The maximum Gasteiger partial charge on any atom is 0.265 e. The number of nitrogens with one attached hydrogen (secondary N) is 2. The van der Waals surface area contributed by atoms with E-state index >= 15 is 0 Å². The molecule has 0 bridgehead atoms. The highest BCUT2D eigenvalue weighted by Gasteiger charge is 2.24. The maximum atomic E-state index is 12.4. The van der Waals surface area contributed by atoms with Crippen LogP contribution >= 0.6 is 11.8 Å². The van der Waals surface area contributed by atoms with Crippen LogP contribution in [0.3, 0.4) is 0 Å². The fourth-order valence-corrected chi connectivity index (χ4v) is 3.12. The molecule has 1 aromatic carbocycles. The highest BCUT2D eigenvalue weighted by molar-refractivity contribution is 8.04. The molecule has 0 unspecified atom stereocenters. The Morgan fingerprint density at radius 3 is 2.70 bits per heavy atom. The minimum atomic E-state index is -0.185. The Morgan fingerprint density at radius 2 is 2.00 bits per heavy atom. The lowest BCUT2D eigenvalue weighted by molar-refractivity contribution is -0.112. The molecule has 2 amide bonds. The summed E-state index contributed by atoms with van der Waals surface area (Å²) in [6.45, 7) is 4.33. The van der Waals surface area contributed by atoms with Crippen molar-refractivity contribution in [3.63, 3.8) is 0 Å². The van der Waals surface area contributed by atoms with Crippen molar-refractivity contribution >= 4 is 29.3 Å². The van der Waals surface area contributed by atoms with Gasteiger partial charge in [-0.15, -0.1) is 11.8 Å². The first kappa shape index (κ1) is 15.9. The molecule has 3 rings (SSSR count). The van der Waals surface area contributed by atoms with Gasteiger partial charge >= 0.3 is 0 Å². The van der Waals surface area contributed by atoms with E-state index in [-0.39, 0.29) is 11.8 Å². The van der Waals surface area contributed by atoms with Crippen LogP contribution < -0.4 is 10.6 Å². The van der Waals surface area contributed by atoms with E-state index in [4.69, 9.17) is 4.74 Å². The summed E-state index contributed by atoms with van der Waals surface area (Å²) in [6.07, 6.45) is 2.09. The predicted molar refractivity (Wildman–Crippen MR) is 91.4 cm³/mol. The first-order chi connectivity index (χ1) is 11.0. The van der Waals surface area contributed by atoms with Crippen molar-refractivity contribution in [2.24, 2.45) is 0 Å². The first-order valence-corrected chi connectivity index (χ1v) is 8.72. The van der Waals surface area contributed by atoms with Crippen LogP contribution in [0.25, 0.3) is 0 Å². The van der Waals surface area contributed by atoms with Gasteiger partial charge in [-0.1, -0.05) is 6.07 Å². The van der Waals surface area contributed by atoms with Crippen molar-refractivity contribution in [3.05, 3.63) is 40.0 Å². The fourth-order valence-electron chi connectivity index (χ4n) is 2.30. The van der Waals surface area contributed by atoms with Crippen molar-refractivity contribution in [3.8, 4) is 0 Å². The van der Waals surface area contributed by atoms with Gasteiger partial charge in [0.25, 0.3) is 11.8 Å². The number of allylic oxidation sites excluding steroid dienone is 1. The number of ether oxygens (including phenoxy) is 1. The summed E-state index contributed by atoms with van der Waals surface area (Å²) < 4.78 is 5.43. The molecule has 122 valence electrons. The number of amides is 2. The zero-order chi connectivity index (χ0) is 16.4. The number of aryl methyl sites for hydroxylation is 1. The Balaban J connectivity index is 1.76. The second-order valence-corrected chi connectivity index (χ2v) is 6.92. The molecule has 2 N–H and O–H groups in total. The van der Waals surface area contributed by atoms with Gasteiger partial charge in [0.15, 0.2) is 0 Å². The molecule has 23 heavy (non-hydrogen) atoms. The molecule has 2 aliphatic rings. The molecule has 0 atom stereocenters. The molecule has 1 saturated carbocycles. The van der Waals surface area contributed by atoms with Gasteiger partial charge in [-0.2, -0.15) is 0 Å². The maximum absolute atomic E-state index is 12.4. The Hall–Kier alpha value is -1.95. The molecule has 0 saturated heterocycles. The van der Waals surface area contributed by atoms with Crippen molar-refractivity contribution < 1.29 is 14.3 Å². The monoisotopic (exact) mass is 332 g/mol. The lowest BCUT2D eigenvalue weighted by Crippen LogP contribution is -2.25. The lowest BCUT2D eigenvalue weighted by Gasteiger charge is -2.18. The molecule has 6 heteroatoms. The van der Waals surface area contributed by atoms with Crippen LogP contribution in [0.5, 0.6) is 0 Å². The Labute approximate surface area is 139 Å². The molecule has 0 aromatic heterocycles. The number of benzene rings is 1. The van der Waals surface area contributed by atoms with Gasteiger partial charge in [-0.05, 0) is 44.4 Å². The second-order valence-electron chi connectivity index (χ2n) is 5.81. The van der Waals surface area contributed by atoms with Crippen LogP contribution in [-0.4, -0.2) is 30.2 Å². The van der Waals surface area contributed by atoms with E-state index in [1.165, 1.54) is 11.8 Å². The number of hydrogen-bond acceptors (Lipinski definition) is 4. The third-order valence-electron chi connectivity index (χ3n) is 3.83. The van der Waals surface area contributed by atoms with Gasteiger partial charge in [0.05, 0.1) is 6.61 Å². The largest absolute Gasteiger partial charge is 0.496 e. The van der Waals surface area contributed by atoms with E-state index in [2.05, 4.69) is 10.6 Å². The molecule has 1 aliphatic heterocycles. The summed E-state index contributed by atoms with van der Waals surface area (Å²) in [7, 11) is 0.